The van der Waals surface area contributed by atoms with Crippen LogP contribution in [-0.2, 0) is 21.8 Å². The summed E-state index contributed by atoms with van der Waals surface area (Å²) in [5, 5.41) is 10.3. The number of aromatic nitrogens is 3. The monoisotopic (exact) mass is 455 g/mol. The Balaban J connectivity index is 2.00. The first-order valence-electron chi connectivity index (χ1n) is 9.10. The van der Waals surface area contributed by atoms with Gasteiger partial charge in [-0.2, -0.15) is 13.2 Å². The first-order chi connectivity index (χ1) is 14.2. The number of rotatable bonds is 4. The highest BCUT2D eigenvalue weighted by molar-refractivity contribution is 7.92. The minimum atomic E-state index is -5.51. The van der Waals surface area contributed by atoms with Gasteiger partial charge in [0.05, 0.1) is 23.3 Å². The molecule has 3 aromatic rings. The number of aromatic hydroxyl groups is 1. The number of sulfone groups is 1. The summed E-state index contributed by atoms with van der Waals surface area (Å²) in [6, 6.07) is 5.29. The maximum atomic E-state index is 12.8. The second kappa shape index (κ2) is 7.56. The third kappa shape index (κ3) is 4.22. The molecule has 3 rings (SSSR count). The standard InChI is InChI=1S/C20H20F3N3O4S/c1-19(2,3)16-10-24-9-8-13(16)11-25-12-17(27)26(18(25)28)14-4-6-15(7-5-14)31(29,30)20(21,22)23/h4-10,12,27H,11H2,1-3H3. The molecule has 0 aliphatic heterocycles. The molecule has 0 amide bonds. The average Bonchev–Trinajstić information content (AvgIpc) is 2.94. The number of pyridine rings is 1. The molecular weight excluding hydrogens is 435 g/mol. The molecule has 11 heteroatoms. The van der Waals surface area contributed by atoms with Gasteiger partial charge < -0.3 is 5.11 Å². The number of hydrogen-bond donors (Lipinski definition) is 1. The molecule has 1 aromatic carbocycles. The molecule has 0 spiro atoms. The molecule has 0 aliphatic carbocycles. The van der Waals surface area contributed by atoms with Crippen molar-refractivity contribution in [2.24, 2.45) is 0 Å². The van der Waals surface area contributed by atoms with Crippen LogP contribution in [0.15, 0.2) is 58.6 Å². The number of benzene rings is 1. The van der Waals surface area contributed by atoms with E-state index in [0.717, 1.165) is 40.0 Å². The van der Waals surface area contributed by atoms with Crippen molar-refractivity contribution in [2.75, 3.05) is 0 Å². The van der Waals surface area contributed by atoms with Crippen LogP contribution in [0.5, 0.6) is 5.88 Å². The Kier molecular flexibility index (Phi) is 5.51. The molecule has 0 fully saturated rings. The molecule has 0 saturated carbocycles. The van der Waals surface area contributed by atoms with Gasteiger partial charge >= 0.3 is 11.2 Å². The smallest absolute Gasteiger partial charge is 0.493 e. The van der Waals surface area contributed by atoms with Gasteiger partial charge in [-0.05, 0) is 46.9 Å². The molecule has 166 valence electrons. The Morgan fingerprint density at radius 2 is 1.68 bits per heavy atom. The number of nitrogens with zero attached hydrogens (tertiary/aromatic N) is 3. The first kappa shape index (κ1) is 22.6. The zero-order valence-corrected chi connectivity index (χ0v) is 17.7. The molecule has 2 aromatic heterocycles. The van der Waals surface area contributed by atoms with E-state index < -0.39 is 31.8 Å². The largest absolute Gasteiger partial charge is 0.501 e. The lowest BCUT2D eigenvalue weighted by Crippen LogP contribution is -2.25. The second-order valence-corrected chi connectivity index (χ2v) is 9.90. The third-order valence-corrected chi connectivity index (χ3v) is 6.21. The fourth-order valence-electron chi connectivity index (χ4n) is 3.16. The number of imidazole rings is 1. The van der Waals surface area contributed by atoms with Crippen molar-refractivity contribution >= 4 is 9.84 Å². The van der Waals surface area contributed by atoms with Crippen LogP contribution in [0.25, 0.3) is 5.69 Å². The zero-order valence-electron chi connectivity index (χ0n) is 16.9. The summed E-state index contributed by atoms with van der Waals surface area (Å²) in [5.74, 6) is -0.442. The van der Waals surface area contributed by atoms with Crippen LogP contribution in [0.3, 0.4) is 0 Å². The first-order valence-corrected chi connectivity index (χ1v) is 10.6. The Bertz CT molecular complexity index is 1270. The summed E-state index contributed by atoms with van der Waals surface area (Å²) in [4.78, 5) is 16.0. The third-order valence-electron chi connectivity index (χ3n) is 4.71. The van der Waals surface area contributed by atoms with Gasteiger partial charge in [-0.3, -0.25) is 9.55 Å². The van der Waals surface area contributed by atoms with Crippen LogP contribution in [0.1, 0.15) is 31.9 Å². The lowest BCUT2D eigenvalue weighted by Gasteiger charge is -2.22. The number of alkyl halides is 3. The maximum absolute atomic E-state index is 12.8. The fourth-order valence-corrected chi connectivity index (χ4v) is 3.92. The highest BCUT2D eigenvalue weighted by Gasteiger charge is 2.46. The minimum Gasteiger partial charge on any atom is -0.493 e. The zero-order chi connectivity index (χ0) is 23.2. The highest BCUT2D eigenvalue weighted by Crippen LogP contribution is 2.31. The summed E-state index contributed by atoms with van der Waals surface area (Å²) in [6.45, 7) is 6.12. The topological polar surface area (TPSA) is 94.2 Å². The summed E-state index contributed by atoms with van der Waals surface area (Å²) in [5.41, 5.74) is -4.57. The van der Waals surface area contributed by atoms with Gasteiger partial charge in [-0.25, -0.2) is 17.8 Å². The van der Waals surface area contributed by atoms with Gasteiger partial charge in [0.15, 0.2) is 0 Å². The molecule has 31 heavy (non-hydrogen) atoms. The second-order valence-electron chi connectivity index (χ2n) is 7.96. The molecular formula is C20H20F3N3O4S. The normalized spacial score (nSPS) is 12.8. The van der Waals surface area contributed by atoms with Crippen LogP contribution in [0.4, 0.5) is 13.2 Å². The maximum Gasteiger partial charge on any atom is 0.501 e. The summed E-state index contributed by atoms with van der Waals surface area (Å²) >= 11 is 0. The SMILES string of the molecule is CC(C)(C)c1cnccc1Cn1cc(O)n(-c2ccc(S(=O)(=O)C(F)(F)F)cc2)c1=O. The van der Waals surface area contributed by atoms with Crippen molar-refractivity contribution < 1.29 is 26.7 Å². The Morgan fingerprint density at radius 1 is 1.06 bits per heavy atom. The fraction of sp³-hybridized carbons (Fsp3) is 0.300. The van der Waals surface area contributed by atoms with E-state index in [4.69, 9.17) is 0 Å². The van der Waals surface area contributed by atoms with E-state index >= 15 is 0 Å². The average molecular weight is 455 g/mol. The molecule has 0 radical (unpaired) electrons. The molecule has 0 aliphatic rings. The molecule has 0 saturated heterocycles. The minimum absolute atomic E-state index is 0.0214. The lowest BCUT2D eigenvalue weighted by molar-refractivity contribution is -0.0436. The molecule has 7 nitrogen and oxygen atoms in total. The van der Waals surface area contributed by atoms with Crippen molar-refractivity contribution in [3.8, 4) is 11.6 Å². The molecule has 2 heterocycles. The van der Waals surface area contributed by atoms with Gasteiger partial charge in [0.2, 0.25) is 5.88 Å². The van der Waals surface area contributed by atoms with Crippen molar-refractivity contribution in [3.63, 3.8) is 0 Å². The summed E-state index contributed by atoms with van der Waals surface area (Å²) in [6.07, 6.45) is 4.50. The predicted octanol–water partition coefficient (Wildman–Crippen LogP) is 3.38. The highest BCUT2D eigenvalue weighted by atomic mass is 32.2. The lowest BCUT2D eigenvalue weighted by atomic mass is 9.85. The molecule has 0 bridgehead atoms. The quantitative estimate of drug-likeness (QED) is 0.651. The Morgan fingerprint density at radius 3 is 2.23 bits per heavy atom. The van der Waals surface area contributed by atoms with E-state index in [1.54, 1.807) is 18.5 Å². The number of halogens is 3. The van der Waals surface area contributed by atoms with Gasteiger partial charge in [0.25, 0.3) is 9.84 Å². The van der Waals surface area contributed by atoms with E-state index in [2.05, 4.69) is 4.98 Å². The van der Waals surface area contributed by atoms with Gasteiger partial charge in [0.1, 0.15) is 0 Å². The van der Waals surface area contributed by atoms with E-state index in [1.165, 1.54) is 10.8 Å². The molecule has 1 N–H and O–H groups in total. The van der Waals surface area contributed by atoms with E-state index in [0.29, 0.717) is 0 Å². The predicted molar refractivity (Wildman–Crippen MR) is 107 cm³/mol. The van der Waals surface area contributed by atoms with Crippen LogP contribution in [0, 0.1) is 0 Å². The van der Waals surface area contributed by atoms with E-state index in [-0.39, 0.29) is 17.6 Å². The van der Waals surface area contributed by atoms with Crippen molar-refractivity contribution in [3.05, 3.63) is 70.5 Å². The summed E-state index contributed by atoms with van der Waals surface area (Å²) in [7, 11) is -5.51. The molecule has 0 unspecified atom stereocenters. The Hall–Kier alpha value is -3.08. The molecule has 0 atom stereocenters. The van der Waals surface area contributed by atoms with Crippen LogP contribution in [0.2, 0.25) is 0 Å². The van der Waals surface area contributed by atoms with Gasteiger partial charge in [-0.1, -0.05) is 20.8 Å². The summed E-state index contributed by atoms with van der Waals surface area (Å²) < 4.78 is 63.3. The van der Waals surface area contributed by atoms with Crippen LogP contribution in [-0.4, -0.2) is 33.2 Å². The van der Waals surface area contributed by atoms with Crippen molar-refractivity contribution in [2.45, 2.75) is 43.1 Å². The van der Waals surface area contributed by atoms with Gasteiger partial charge in [0, 0.05) is 12.4 Å². The van der Waals surface area contributed by atoms with Crippen LogP contribution >= 0.6 is 0 Å². The number of hydrogen-bond acceptors (Lipinski definition) is 5. The van der Waals surface area contributed by atoms with E-state index in [1.807, 2.05) is 20.8 Å². The van der Waals surface area contributed by atoms with Gasteiger partial charge in [-0.15, -0.1) is 0 Å². The Labute approximate surface area is 176 Å². The van der Waals surface area contributed by atoms with E-state index in [9.17, 15) is 31.5 Å². The van der Waals surface area contributed by atoms with Crippen LogP contribution < -0.4 is 5.69 Å². The van der Waals surface area contributed by atoms with Crippen molar-refractivity contribution in [1.29, 1.82) is 0 Å². The van der Waals surface area contributed by atoms with Crippen molar-refractivity contribution in [1.82, 2.24) is 14.1 Å².